The Morgan fingerprint density at radius 3 is 2.94 bits per heavy atom. The van der Waals surface area contributed by atoms with E-state index >= 15 is 0 Å². The Hall–Kier alpha value is -0.610. The van der Waals surface area contributed by atoms with Crippen LogP contribution in [0.15, 0.2) is 0 Å². The maximum absolute atomic E-state index is 12.5. The molecular weight excluding hydrogens is 216 g/mol. The van der Waals surface area contributed by atoms with Crippen molar-refractivity contribution in [2.24, 2.45) is 11.8 Å². The van der Waals surface area contributed by atoms with Crippen molar-refractivity contribution < 1.29 is 9.53 Å². The number of rotatable bonds is 2. The van der Waals surface area contributed by atoms with Crippen molar-refractivity contribution in [1.29, 1.82) is 0 Å². The maximum atomic E-state index is 12.5. The molecule has 0 aliphatic carbocycles. The number of hydrogen-bond donors (Lipinski definition) is 1. The Morgan fingerprint density at radius 1 is 1.47 bits per heavy atom. The van der Waals surface area contributed by atoms with Crippen molar-refractivity contribution in [2.75, 3.05) is 32.8 Å². The SMILES string of the molecule is CCC1CN(C(=O)C2CNCC2C)CCCO1. The van der Waals surface area contributed by atoms with Crippen LogP contribution in [-0.4, -0.2) is 49.7 Å². The van der Waals surface area contributed by atoms with E-state index < -0.39 is 0 Å². The van der Waals surface area contributed by atoms with Gasteiger partial charge >= 0.3 is 0 Å². The summed E-state index contributed by atoms with van der Waals surface area (Å²) in [6, 6.07) is 0. The second kappa shape index (κ2) is 5.83. The van der Waals surface area contributed by atoms with Crippen molar-refractivity contribution in [2.45, 2.75) is 32.8 Å². The van der Waals surface area contributed by atoms with E-state index in [1.165, 1.54) is 0 Å². The molecule has 2 rings (SSSR count). The number of nitrogens with one attached hydrogen (secondary N) is 1. The Balaban J connectivity index is 1.97. The van der Waals surface area contributed by atoms with E-state index in [2.05, 4.69) is 19.2 Å². The molecule has 1 amide bonds. The lowest BCUT2D eigenvalue weighted by Crippen LogP contribution is -2.42. The van der Waals surface area contributed by atoms with E-state index in [-0.39, 0.29) is 12.0 Å². The summed E-state index contributed by atoms with van der Waals surface area (Å²) in [5.74, 6) is 0.962. The predicted octanol–water partition coefficient (Wildman–Crippen LogP) is 0.869. The highest BCUT2D eigenvalue weighted by Crippen LogP contribution is 2.20. The minimum Gasteiger partial charge on any atom is -0.376 e. The molecule has 0 radical (unpaired) electrons. The summed E-state index contributed by atoms with van der Waals surface area (Å²) in [4.78, 5) is 14.5. The second-order valence-electron chi connectivity index (χ2n) is 5.28. The van der Waals surface area contributed by atoms with E-state index in [9.17, 15) is 4.79 Å². The molecule has 2 saturated heterocycles. The van der Waals surface area contributed by atoms with Crippen LogP contribution in [0.3, 0.4) is 0 Å². The molecule has 0 aromatic rings. The highest BCUT2D eigenvalue weighted by Gasteiger charge is 2.33. The molecule has 4 nitrogen and oxygen atoms in total. The fourth-order valence-electron chi connectivity index (χ4n) is 2.72. The molecule has 0 spiro atoms. The summed E-state index contributed by atoms with van der Waals surface area (Å²) < 4.78 is 5.71. The Bertz CT molecular complexity index is 270. The second-order valence-corrected chi connectivity index (χ2v) is 5.28. The number of carbonyl (C=O) groups excluding carboxylic acids is 1. The number of ether oxygens (including phenoxy) is 1. The van der Waals surface area contributed by atoms with Gasteiger partial charge in [0.05, 0.1) is 12.0 Å². The summed E-state index contributed by atoms with van der Waals surface area (Å²) in [7, 11) is 0. The van der Waals surface area contributed by atoms with Gasteiger partial charge < -0.3 is 15.0 Å². The van der Waals surface area contributed by atoms with Crippen LogP contribution in [0.25, 0.3) is 0 Å². The normalized spacial score (nSPS) is 34.7. The largest absolute Gasteiger partial charge is 0.376 e. The van der Waals surface area contributed by atoms with Crippen molar-refractivity contribution >= 4 is 5.91 Å². The van der Waals surface area contributed by atoms with Crippen molar-refractivity contribution in [3.63, 3.8) is 0 Å². The van der Waals surface area contributed by atoms with Gasteiger partial charge in [0.1, 0.15) is 0 Å². The highest BCUT2D eigenvalue weighted by atomic mass is 16.5. The van der Waals surface area contributed by atoms with E-state index in [1.807, 2.05) is 4.90 Å². The molecule has 2 aliphatic heterocycles. The van der Waals surface area contributed by atoms with Crippen molar-refractivity contribution in [1.82, 2.24) is 10.2 Å². The van der Waals surface area contributed by atoms with E-state index in [4.69, 9.17) is 4.74 Å². The van der Waals surface area contributed by atoms with Crippen LogP contribution in [0, 0.1) is 11.8 Å². The topological polar surface area (TPSA) is 41.6 Å². The third kappa shape index (κ3) is 2.99. The van der Waals surface area contributed by atoms with Crippen molar-refractivity contribution in [3.8, 4) is 0 Å². The van der Waals surface area contributed by atoms with Gasteiger partial charge in [-0.15, -0.1) is 0 Å². The molecule has 2 fully saturated rings. The van der Waals surface area contributed by atoms with Crippen molar-refractivity contribution in [3.05, 3.63) is 0 Å². The zero-order valence-corrected chi connectivity index (χ0v) is 10.9. The molecule has 0 aromatic heterocycles. The Kier molecular flexibility index (Phi) is 4.40. The summed E-state index contributed by atoms with van der Waals surface area (Å²) in [6.45, 7) is 8.52. The molecule has 2 aliphatic rings. The zero-order valence-electron chi connectivity index (χ0n) is 10.9. The molecule has 2 heterocycles. The third-order valence-corrected chi connectivity index (χ3v) is 3.95. The minimum atomic E-state index is 0.172. The van der Waals surface area contributed by atoms with E-state index in [1.54, 1.807) is 0 Å². The van der Waals surface area contributed by atoms with Crippen LogP contribution in [0.4, 0.5) is 0 Å². The average molecular weight is 240 g/mol. The van der Waals surface area contributed by atoms with Crippen LogP contribution >= 0.6 is 0 Å². The molecule has 4 heteroatoms. The molecular formula is C13H24N2O2. The summed E-state index contributed by atoms with van der Waals surface area (Å²) >= 11 is 0. The lowest BCUT2D eigenvalue weighted by molar-refractivity contribution is -0.136. The minimum absolute atomic E-state index is 0.172. The lowest BCUT2D eigenvalue weighted by Gasteiger charge is -2.27. The summed E-state index contributed by atoms with van der Waals surface area (Å²) in [5, 5.41) is 3.30. The molecule has 0 aromatic carbocycles. The quantitative estimate of drug-likeness (QED) is 0.778. The first-order valence-corrected chi connectivity index (χ1v) is 6.83. The molecule has 17 heavy (non-hydrogen) atoms. The van der Waals surface area contributed by atoms with Gasteiger partial charge in [-0.25, -0.2) is 0 Å². The standard InChI is InChI=1S/C13H24N2O2/c1-3-11-9-15(5-4-6-17-11)13(16)12-8-14-7-10(12)2/h10-12,14H,3-9H2,1-2H3. The van der Waals surface area contributed by atoms with Gasteiger partial charge in [0.15, 0.2) is 0 Å². The van der Waals surface area contributed by atoms with Gasteiger partial charge in [-0.1, -0.05) is 13.8 Å². The number of carbonyl (C=O) groups is 1. The molecule has 98 valence electrons. The maximum Gasteiger partial charge on any atom is 0.227 e. The smallest absolute Gasteiger partial charge is 0.227 e. The van der Waals surface area contributed by atoms with E-state index in [0.717, 1.165) is 45.6 Å². The van der Waals surface area contributed by atoms with Gasteiger partial charge in [-0.2, -0.15) is 0 Å². The number of nitrogens with zero attached hydrogens (tertiary/aromatic N) is 1. The first-order chi connectivity index (χ1) is 8.22. The zero-order chi connectivity index (χ0) is 12.3. The van der Waals surface area contributed by atoms with E-state index in [0.29, 0.717) is 11.8 Å². The van der Waals surface area contributed by atoms with Gasteiger partial charge in [-0.05, 0) is 25.3 Å². The molecule has 0 saturated carbocycles. The first kappa shape index (κ1) is 12.8. The van der Waals surface area contributed by atoms with Gasteiger partial charge in [0.25, 0.3) is 0 Å². The Labute approximate surface area is 104 Å². The number of amides is 1. The number of hydrogen-bond acceptors (Lipinski definition) is 3. The molecule has 0 bridgehead atoms. The molecule has 3 atom stereocenters. The molecule has 1 N–H and O–H groups in total. The fourth-order valence-corrected chi connectivity index (χ4v) is 2.72. The lowest BCUT2D eigenvalue weighted by atomic mass is 9.96. The van der Waals surface area contributed by atoms with Crippen LogP contribution in [0.2, 0.25) is 0 Å². The van der Waals surface area contributed by atoms with Gasteiger partial charge in [-0.3, -0.25) is 4.79 Å². The van der Waals surface area contributed by atoms with Crippen LogP contribution in [-0.2, 0) is 9.53 Å². The fraction of sp³-hybridized carbons (Fsp3) is 0.923. The Morgan fingerprint density at radius 2 is 2.29 bits per heavy atom. The monoisotopic (exact) mass is 240 g/mol. The molecule has 3 unspecified atom stereocenters. The summed E-state index contributed by atoms with van der Waals surface area (Å²) in [5.41, 5.74) is 0. The predicted molar refractivity (Wildman–Crippen MR) is 66.8 cm³/mol. The highest BCUT2D eigenvalue weighted by molar-refractivity contribution is 5.79. The first-order valence-electron chi connectivity index (χ1n) is 6.83. The summed E-state index contributed by atoms with van der Waals surface area (Å²) in [6.07, 6.45) is 2.19. The average Bonchev–Trinajstić information content (AvgIpc) is 2.63. The van der Waals surface area contributed by atoms with Crippen LogP contribution in [0.5, 0.6) is 0 Å². The van der Waals surface area contributed by atoms with Crippen LogP contribution in [0.1, 0.15) is 26.7 Å². The van der Waals surface area contributed by atoms with Crippen LogP contribution < -0.4 is 5.32 Å². The van der Waals surface area contributed by atoms with Gasteiger partial charge in [0.2, 0.25) is 5.91 Å². The third-order valence-electron chi connectivity index (χ3n) is 3.95. The van der Waals surface area contributed by atoms with Gasteiger partial charge in [0, 0.05) is 26.2 Å².